The van der Waals surface area contributed by atoms with Crippen molar-refractivity contribution >= 4 is 17.4 Å². The van der Waals surface area contributed by atoms with Gasteiger partial charge in [-0.05, 0) is 25.5 Å². The number of nitrogens with zero attached hydrogens (tertiary/aromatic N) is 4. The van der Waals surface area contributed by atoms with Gasteiger partial charge in [-0.1, -0.05) is 17.7 Å². The quantitative estimate of drug-likeness (QED) is 0.871. The van der Waals surface area contributed by atoms with Crippen LogP contribution in [0.25, 0.3) is 0 Å². The molecule has 0 saturated heterocycles. The second-order valence-corrected chi connectivity index (χ2v) is 4.41. The summed E-state index contributed by atoms with van der Waals surface area (Å²) in [7, 11) is 0. The number of rotatable bonds is 3. The summed E-state index contributed by atoms with van der Waals surface area (Å²) in [5.41, 5.74) is 1.25. The van der Waals surface area contributed by atoms with Gasteiger partial charge in [0.15, 0.2) is 5.15 Å². The lowest BCUT2D eigenvalue weighted by Crippen LogP contribution is -2.11. The molecule has 0 bridgehead atoms. The Morgan fingerprint density at radius 3 is 2.84 bits per heavy atom. The predicted octanol–water partition coefficient (Wildman–Crippen LogP) is 2.88. The third-order valence-electron chi connectivity index (χ3n) is 2.63. The first kappa shape index (κ1) is 13.2. The Hall–Kier alpha value is -2.19. The molecule has 0 aromatic carbocycles. The van der Waals surface area contributed by atoms with E-state index in [0.29, 0.717) is 11.6 Å². The smallest absolute Gasteiger partial charge is 0.152 e. The molecule has 0 aliphatic carbocycles. The number of hydrogen-bond acceptors (Lipinski definition) is 5. The maximum Gasteiger partial charge on any atom is 0.152 e. The summed E-state index contributed by atoms with van der Waals surface area (Å²) in [6.07, 6.45) is 3.47. The van der Waals surface area contributed by atoms with Gasteiger partial charge in [-0.2, -0.15) is 5.26 Å². The van der Waals surface area contributed by atoms with Gasteiger partial charge in [-0.3, -0.25) is 4.98 Å². The molecular weight excluding hydrogens is 262 g/mol. The second-order valence-electron chi connectivity index (χ2n) is 4.05. The summed E-state index contributed by atoms with van der Waals surface area (Å²) in [6.45, 7) is 3.69. The Labute approximate surface area is 116 Å². The van der Waals surface area contributed by atoms with Crippen LogP contribution in [0.2, 0.25) is 5.15 Å². The fraction of sp³-hybridized carbons (Fsp3) is 0.231. The molecule has 1 atom stereocenters. The Bertz CT molecular complexity index is 621. The van der Waals surface area contributed by atoms with Gasteiger partial charge in [0, 0.05) is 12.4 Å². The van der Waals surface area contributed by atoms with Crippen LogP contribution in [0.15, 0.2) is 24.5 Å². The number of pyridine rings is 1. The molecule has 2 aromatic heterocycles. The summed E-state index contributed by atoms with van der Waals surface area (Å²) < 4.78 is 0. The predicted molar refractivity (Wildman–Crippen MR) is 72.8 cm³/mol. The van der Waals surface area contributed by atoms with Crippen molar-refractivity contribution in [2.24, 2.45) is 0 Å². The van der Waals surface area contributed by atoms with E-state index in [1.54, 1.807) is 19.3 Å². The van der Waals surface area contributed by atoms with E-state index in [1.807, 2.05) is 25.1 Å². The highest BCUT2D eigenvalue weighted by molar-refractivity contribution is 6.30. The van der Waals surface area contributed by atoms with Crippen molar-refractivity contribution in [1.82, 2.24) is 15.0 Å². The van der Waals surface area contributed by atoms with Crippen LogP contribution in [-0.4, -0.2) is 15.0 Å². The largest absolute Gasteiger partial charge is 0.362 e. The molecule has 0 amide bonds. The van der Waals surface area contributed by atoms with E-state index in [1.165, 1.54) is 0 Å². The van der Waals surface area contributed by atoms with Gasteiger partial charge in [0.1, 0.15) is 23.3 Å². The van der Waals surface area contributed by atoms with Crippen molar-refractivity contribution < 1.29 is 0 Å². The van der Waals surface area contributed by atoms with Crippen LogP contribution >= 0.6 is 11.6 Å². The van der Waals surface area contributed by atoms with E-state index < -0.39 is 0 Å². The highest BCUT2D eigenvalue weighted by Gasteiger charge is 2.14. The van der Waals surface area contributed by atoms with Gasteiger partial charge in [0.2, 0.25) is 0 Å². The van der Waals surface area contributed by atoms with Gasteiger partial charge in [-0.25, -0.2) is 9.97 Å². The lowest BCUT2D eigenvalue weighted by molar-refractivity contribution is 0.858. The van der Waals surface area contributed by atoms with Crippen molar-refractivity contribution in [2.45, 2.75) is 19.9 Å². The first-order valence-corrected chi connectivity index (χ1v) is 6.10. The maximum atomic E-state index is 9.11. The molecule has 0 aliphatic rings. The minimum atomic E-state index is -0.0360. The average Bonchev–Trinajstić information content (AvgIpc) is 2.39. The molecule has 19 heavy (non-hydrogen) atoms. The van der Waals surface area contributed by atoms with Crippen LogP contribution in [0, 0.1) is 18.3 Å². The molecule has 0 spiro atoms. The highest BCUT2D eigenvalue weighted by atomic mass is 35.5. The van der Waals surface area contributed by atoms with Crippen LogP contribution < -0.4 is 5.32 Å². The molecule has 0 radical (unpaired) electrons. The van der Waals surface area contributed by atoms with Crippen molar-refractivity contribution in [2.75, 3.05) is 5.32 Å². The van der Waals surface area contributed by atoms with Crippen LogP contribution in [0.1, 0.15) is 29.9 Å². The van der Waals surface area contributed by atoms with Gasteiger partial charge in [-0.15, -0.1) is 0 Å². The number of nitriles is 1. The van der Waals surface area contributed by atoms with Crippen molar-refractivity contribution in [1.29, 1.82) is 5.26 Å². The maximum absolute atomic E-state index is 9.11. The van der Waals surface area contributed by atoms with E-state index in [-0.39, 0.29) is 16.8 Å². The molecule has 0 aliphatic heterocycles. The second kappa shape index (κ2) is 5.63. The van der Waals surface area contributed by atoms with Gasteiger partial charge < -0.3 is 5.32 Å². The summed E-state index contributed by atoms with van der Waals surface area (Å²) in [5, 5.41) is 12.4. The molecule has 6 heteroatoms. The fourth-order valence-corrected chi connectivity index (χ4v) is 1.92. The van der Waals surface area contributed by atoms with E-state index in [4.69, 9.17) is 16.9 Å². The SMILES string of the molecule is Cc1nc(Cl)c(C#N)c(NC(C)c2cccnc2)n1. The van der Waals surface area contributed by atoms with E-state index in [0.717, 1.165) is 5.56 Å². The third-order valence-corrected chi connectivity index (χ3v) is 2.90. The first-order valence-electron chi connectivity index (χ1n) is 5.72. The molecule has 96 valence electrons. The molecule has 0 saturated carbocycles. The highest BCUT2D eigenvalue weighted by Crippen LogP contribution is 2.24. The Morgan fingerprint density at radius 1 is 1.42 bits per heavy atom. The fourth-order valence-electron chi connectivity index (χ4n) is 1.66. The standard InChI is InChI=1S/C13H12ClN5/c1-8(10-4-3-5-16-7-10)17-13-11(6-15)12(14)18-9(2)19-13/h3-5,7-8H,1-2H3,(H,17,18,19). The molecule has 2 aromatic rings. The van der Waals surface area contributed by atoms with Crippen LogP contribution in [0.3, 0.4) is 0 Å². The Morgan fingerprint density at radius 2 is 2.21 bits per heavy atom. The van der Waals surface area contributed by atoms with Crippen molar-refractivity contribution in [3.63, 3.8) is 0 Å². The monoisotopic (exact) mass is 273 g/mol. The summed E-state index contributed by atoms with van der Waals surface area (Å²) in [6, 6.07) is 5.79. The summed E-state index contributed by atoms with van der Waals surface area (Å²) in [4.78, 5) is 12.2. The minimum absolute atomic E-state index is 0.0360. The molecule has 2 heterocycles. The average molecular weight is 274 g/mol. The third kappa shape index (κ3) is 2.98. The van der Waals surface area contributed by atoms with Gasteiger partial charge >= 0.3 is 0 Å². The normalized spacial score (nSPS) is 11.7. The lowest BCUT2D eigenvalue weighted by atomic mass is 10.1. The van der Waals surface area contributed by atoms with E-state index >= 15 is 0 Å². The number of aromatic nitrogens is 3. The van der Waals surface area contributed by atoms with E-state index in [2.05, 4.69) is 20.3 Å². The number of nitrogens with one attached hydrogen (secondary N) is 1. The molecular formula is C13H12ClN5. The first-order chi connectivity index (χ1) is 9.11. The molecule has 1 N–H and O–H groups in total. The number of halogens is 1. The minimum Gasteiger partial charge on any atom is -0.362 e. The van der Waals surface area contributed by atoms with E-state index in [9.17, 15) is 0 Å². The van der Waals surface area contributed by atoms with Crippen LogP contribution in [0.4, 0.5) is 5.82 Å². The molecule has 5 nitrogen and oxygen atoms in total. The lowest BCUT2D eigenvalue weighted by Gasteiger charge is -2.16. The van der Waals surface area contributed by atoms with Gasteiger partial charge in [0.25, 0.3) is 0 Å². The molecule has 0 fully saturated rings. The number of aryl methyl sites for hydroxylation is 1. The number of hydrogen-bond donors (Lipinski definition) is 1. The molecule has 2 rings (SSSR count). The van der Waals surface area contributed by atoms with Crippen LogP contribution in [-0.2, 0) is 0 Å². The Kier molecular flexibility index (Phi) is 3.93. The zero-order valence-corrected chi connectivity index (χ0v) is 11.3. The zero-order chi connectivity index (χ0) is 13.8. The zero-order valence-electron chi connectivity index (χ0n) is 10.6. The summed E-state index contributed by atoms with van der Waals surface area (Å²) in [5.74, 6) is 0.959. The van der Waals surface area contributed by atoms with Crippen molar-refractivity contribution in [3.8, 4) is 6.07 Å². The summed E-state index contributed by atoms with van der Waals surface area (Å²) >= 11 is 5.94. The van der Waals surface area contributed by atoms with Crippen molar-refractivity contribution in [3.05, 3.63) is 46.6 Å². The Balaban J connectivity index is 2.32. The number of anilines is 1. The topological polar surface area (TPSA) is 74.5 Å². The molecule has 1 unspecified atom stereocenters. The van der Waals surface area contributed by atoms with Crippen LogP contribution in [0.5, 0.6) is 0 Å². The van der Waals surface area contributed by atoms with Gasteiger partial charge in [0.05, 0.1) is 6.04 Å².